The summed E-state index contributed by atoms with van der Waals surface area (Å²) in [6.07, 6.45) is 16.9. The molecule has 1 unspecified atom stereocenters. The minimum Gasteiger partial charge on any atom is -0.481 e. The second kappa shape index (κ2) is 18.5. The molecular formula is C36H70O6Si2. The summed E-state index contributed by atoms with van der Waals surface area (Å²) in [6.45, 7) is 30.1. The first-order chi connectivity index (χ1) is 20.3. The van der Waals surface area contributed by atoms with Crippen molar-refractivity contribution in [3.63, 3.8) is 0 Å². The van der Waals surface area contributed by atoms with Gasteiger partial charge in [-0.15, -0.1) is 0 Å². The van der Waals surface area contributed by atoms with Gasteiger partial charge >= 0.3 is 5.97 Å². The van der Waals surface area contributed by atoms with E-state index in [1.54, 1.807) is 0 Å². The Kier molecular flexibility index (Phi) is 17.4. The lowest BCUT2D eigenvalue weighted by Crippen LogP contribution is -2.45. The molecule has 1 aliphatic carbocycles. The standard InChI is InChI=1S/C36H70O6Si2/c1-14-16-19-22-29(41-43(10,11)35(4,5)6)25-26-31-30(23-20-17-18-21-24-34(37)38)33(42-44(12,13)36(7,8)9)27-32(31)40-28(3)39-15-2/h17,20,25-26,28-33H,14-16,18-19,21-24,27H2,1-13H3,(H,37,38)/b20-17-,26-25+/t28?,29-,30-,31+,32+,33-/m0/s1. The number of rotatable bonds is 20. The van der Waals surface area contributed by atoms with Crippen LogP contribution in [0.5, 0.6) is 0 Å². The lowest BCUT2D eigenvalue weighted by Gasteiger charge is -2.40. The number of hydrogen-bond donors (Lipinski definition) is 1. The highest BCUT2D eigenvalue weighted by molar-refractivity contribution is 6.74. The number of carboxylic acids is 1. The summed E-state index contributed by atoms with van der Waals surface area (Å²) in [5.74, 6) is -0.328. The van der Waals surface area contributed by atoms with Crippen molar-refractivity contribution < 1.29 is 28.2 Å². The molecule has 1 fully saturated rings. The topological polar surface area (TPSA) is 74.2 Å². The summed E-state index contributed by atoms with van der Waals surface area (Å²) >= 11 is 0. The number of carbonyl (C=O) groups is 1. The molecule has 6 nitrogen and oxygen atoms in total. The predicted octanol–water partition coefficient (Wildman–Crippen LogP) is 10.5. The maximum atomic E-state index is 11.0. The number of aliphatic carboxylic acids is 1. The fraction of sp³-hybridized carbons (Fsp3) is 0.861. The fourth-order valence-electron chi connectivity index (χ4n) is 5.36. The van der Waals surface area contributed by atoms with Gasteiger partial charge in [-0.05, 0) is 88.1 Å². The molecule has 0 radical (unpaired) electrons. The Balaban J connectivity index is 3.46. The largest absolute Gasteiger partial charge is 0.481 e. The quantitative estimate of drug-likeness (QED) is 0.0609. The van der Waals surface area contributed by atoms with E-state index in [4.69, 9.17) is 23.4 Å². The van der Waals surface area contributed by atoms with Crippen molar-refractivity contribution in [3.05, 3.63) is 24.3 Å². The lowest BCUT2D eigenvalue weighted by molar-refractivity contribution is -0.163. The van der Waals surface area contributed by atoms with Gasteiger partial charge in [-0.25, -0.2) is 0 Å². The average Bonchev–Trinajstić information content (AvgIpc) is 3.17. The third-order valence-electron chi connectivity index (χ3n) is 10.1. The Morgan fingerprint density at radius 1 is 0.932 bits per heavy atom. The molecule has 8 heteroatoms. The van der Waals surface area contributed by atoms with E-state index in [-0.39, 0.29) is 52.9 Å². The highest BCUT2D eigenvalue weighted by atomic mass is 28.4. The van der Waals surface area contributed by atoms with Crippen LogP contribution in [-0.2, 0) is 23.1 Å². The van der Waals surface area contributed by atoms with Gasteiger partial charge in [-0.1, -0.05) is 92.0 Å². The van der Waals surface area contributed by atoms with Gasteiger partial charge in [-0.2, -0.15) is 0 Å². The molecule has 0 spiro atoms. The van der Waals surface area contributed by atoms with Crippen molar-refractivity contribution in [2.24, 2.45) is 11.8 Å². The molecule has 44 heavy (non-hydrogen) atoms. The zero-order valence-corrected chi connectivity index (χ0v) is 32.8. The van der Waals surface area contributed by atoms with Crippen molar-refractivity contribution in [1.29, 1.82) is 0 Å². The zero-order chi connectivity index (χ0) is 33.8. The Morgan fingerprint density at radius 3 is 2.11 bits per heavy atom. The van der Waals surface area contributed by atoms with E-state index in [0.29, 0.717) is 13.0 Å². The van der Waals surface area contributed by atoms with Crippen molar-refractivity contribution in [1.82, 2.24) is 0 Å². The summed E-state index contributed by atoms with van der Waals surface area (Å²) in [7, 11) is -4.00. The van der Waals surface area contributed by atoms with Crippen molar-refractivity contribution in [2.75, 3.05) is 6.61 Å². The SMILES string of the molecule is CCCCC[C@@H](/C=C/[C@@H]1[C@H](C/C=C\CCCC(=O)O)[C@@H](O[Si](C)(C)C(C)(C)C)C[C@H]1OC(C)OCC)O[Si](C)(C)C(C)(C)C. The molecule has 0 aromatic rings. The van der Waals surface area contributed by atoms with Crippen LogP contribution < -0.4 is 0 Å². The molecule has 0 aliphatic heterocycles. The number of carboxylic acid groups (broad SMARTS) is 1. The van der Waals surface area contributed by atoms with Gasteiger partial charge in [0.05, 0.1) is 18.3 Å². The van der Waals surface area contributed by atoms with E-state index in [2.05, 4.69) is 99.0 Å². The highest BCUT2D eigenvalue weighted by Crippen LogP contribution is 2.46. The second-order valence-electron chi connectivity index (χ2n) is 15.9. The zero-order valence-electron chi connectivity index (χ0n) is 30.8. The van der Waals surface area contributed by atoms with Crippen LogP contribution in [0.2, 0.25) is 36.3 Å². The number of allylic oxidation sites excluding steroid dienone is 2. The maximum Gasteiger partial charge on any atom is 0.303 e. The first-order valence-electron chi connectivity index (χ1n) is 17.4. The Hall–Kier alpha value is -0.776. The van der Waals surface area contributed by atoms with Crippen LogP contribution in [-0.4, -0.2) is 58.9 Å². The predicted molar refractivity (Wildman–Crippen MR) is 190 cm³/mol. The molecule has 258 valence electrons. The Bertz CT molecular complexity index is 886. The van der Waals surface area contributed by atoms with E-state index in [1.165, 1.54) is 12.8 Å². The number of unbranched alkanes of at least 4 members (excludes halogenated alkanes) is 3. The molecule has 0 bridgehead atoms. The monoisotopic (exact) mass is 654 g/mol. The Morgan fingerprint density at radius 2 is 1.57 bits per heavy atom. The molecule has 0 aromatic heterocycles. The molecule has 1 N–H and O–H groups in total. The molecule has 0 amide bonds. The summed E-state index contributed by atoms with van der Waals surface area (Å²) < 4.78 is 26.6. The molecule has 0 heterocycles. The molecular weight excluding hydrogens is 585 g/mol. The maximum absolute atomic E-state index is 11.0. The normalized spacial score (nSPS) is 23.6. The molecule has 1 aliphatic rings. The van der Waals surface area contributed by atoms with Gasteiger partial charge in [0.25, 0.3) is 0 Å². The second-order valence-corrected chi connectivity index (χ2v) is 25.4. The van der Waals surface area contributed by atoms with Gasteiger partial charge in [0, 0.05) is 18.9 Å². The van der Waals surface area contributed by atoms with Crippen LogP contribution in [0.1, 0.15) is 120 Å². The van der Waals surface area contributed by atoms with Crippen LogP contribution >= 0.6 is 0 Å². The molecule has 1 saturated carbocycles. The summed E-state index contributed by atoms with van der Waals surface area (Å²) in [5.41, 5.74) is 0. The summed E-state index contributed by atoms with van der Waals surface area (Å²) in [5, 5.41) is 9.29. The summed E-state index contributed by atoms with van der Waals surface area (Å²) in [6, 6.07) is 0. The van der Waals surface area contributed by atoms with Crippen LogP contribution in [0.25, 0.3) is 0 Å². The molecule has 6 atom stereocenters. The molecule has 0 saturated heterocycles. The fourth-order valence-corrected chi connectivity index (χ4v) is 8.05. The average molecular weight is 655 g/mol. The van der Waals surface area contributed by atoms with Crippen molar-refractivity contribution in [2.45, 2.75) is 181 Å². The van der Waals surface area contributed by atoms with E-state index in [9.17, 15) is 4.79 Å². The van der Waals surface area contributed by atoms with Gasteiger partial charge in [-0.3, -0.25) is 4.79 Å². The number of ether oxygens (including phenoxy) is 2. The van der Waals surface area contributed by atoms with Crippen LogP contribution in [0.15, 0.2) is 24.3 Å². The molecule has 1 rings (SSSR count). The first-order valence-corrected chi connectivity index (χ1v) is 23.2. The third-order valence-corrected chi connectivity index (χ3v) is 19.1. The van der Waals surface area contributed by atoms with Crippen molar-refractivity contribution in [3.8, 4) is 0 Å². The third kappa shape index (κ3) is 13.9. The van der Waals surface area contributed by atoms with Crippen molar-refractivity contribution >= 4 is 22.6 Å². The van der Waals surface area contributed by atoms with Gasteiger partial charge in [0.2, 0.25) is 0 Å². The van der Waals surface area contributed by atoms with E-state index >= 15 is 0 Å². The van der Waals surface area contributed by atoms with Gasteiger partial charge in [0.15, 0.2) is 22.9 Å². The van der Waals surface area contributed by atoms with E-state index < -0.39 is 22.6 Å². The minimum atomic E-state index is -2.04. The minimum absolute atomic E-state index is 0.0165. The molecule has 0 aromatic carbocycles. The van der Waals surface area contributed by atoms with E-state index in [1.807, 2.05) is 13.8 Å². The van der Waals surface area contributed by atoms with Gasteiger partial charge in [0.1, 0.15) is 0 Å². The number of hydrogen-bond acceptors (Lipinski definition) is 5. The highest BCUT2D eigenvalue weighted by Gasteiger charge is 2.48. The van der Waals surface area contributed by atoms with Crippen LogP contribution in [0.4, 0.5) is 0 Å². The van der Waals surface area contributed by atoms with Crippen LogP contribution in [0.3, 0.4) is 0 Å². The first kappa shape index (κ1) is 41.2. The summed E-state index contributed by atoms with van der Waals surface area (Å²) in [4.78, 5) is 11.0. The smallest absolute Gasteiger partial charge is 0.303 e. The van der Waals surface area contributed by atoms with Gasteiger partial charge < -0.3 is 23.4 Å². The van der Waals surface area contributed by atoms with E-state index in [0.717, 1.165) is 32.1 Å². The Labute approximate surface area is 274 Å². The van der Waals surface area contributed by atoms with Crippen LogP contribution in [0, 0.1) is 11.8 Å². The lowest BCUT2D eigenvalue weighted by atomic mass is 9.89.